The zero-order chi connectivity index (χ0) is 24.9. The fourth-order valence-electron chi connectivity index (χ4n) is 3.70. The maximum Gasteiger partial charge on any atom is 0.413 e. The molecule has 0 bridgehead atoms. The fourth-order valence-corrected chi connectivity index (χ4v) is 3.83. The second-order valence-corrected chi connectivity index (χ2v) is 8.09. The molecule has 0 aliphatic carbocycles. The lowest BCUT2D eigenvalue weighted by molar-refractivity contribution is -0.136. The molecule has 1 aromatic heterocycles. The van der Waals surface area contributed by atoms with E-state index >= 15 is 0 Å². The van der Waals surface area contributed by atoms with Crippen LogP contribution in [0.3, 0.4) is 0 Å². The van der Waals surface area contributed by atoms with Gasteiger partial charge in [-0.3, -0.25) is 9.69 Å². The number of carbonyl (C=O) groups excluding carboxylic acids is 3. The smallest absolute Gasteiger partial charge is 0.413 e. The Bertz CT molecular complexity index is 1260. The molecule has 1 atom stereocenters. The lowest BCUT2D eigenvalue weighted by atomic mass is 10.0. The van der Waals surface area contributed by atoms with E-state index < -0.39 is 30.6 Å². The van der Waals surface area contributed by atoms with Gasteiger partial charge in [0.05, 0.1) is 30.3 Å². The Morgan fingerprint density at radius 2 is 1.86 bits per heavy atom. The molecule has 4 rings (SSSR count). The van der Waals surface area contributed by atoms with Crippen LogP contribution < -0.4 is 4.90 Å². The van der Waals surface area contributed by atoms with Crippen molar-refractivity contribution in [2.24, 2.45) is 5.10 Å². The normalized spacial score (nSPS) is 14.9. The van der Waals surface area contributed by atoms with Gasteiger partial charge in [0.1, 0.15) is 11.8 Å². The number of ether oxygens (including phenoxy) is 2. The van der Waals surface area contributed by atoms with Crippen LogP contribution in [0.15, 0.2) is 76.4 Å². The minimum Gasteiger partial charge on any atom is -0.467 e. The lowest BCUT2D eigenvalue weighted by Gasteiger charge is -2.20. The van der Waals surface area contributed by atoms with Crippen LogP contribution in [0.25, 0.3) is 0 Å². The Morgan fingerprint density at radius 3 is 2.54 bits per heavy atom. The summed E-state index contributed by atoms with van der Waals surface area (Å²) in [5, 5.41) is 6.35. The summed E-state index contributed by atoms with van der Waals surface area (Å²) < 4.78 is 15.5. The van der Waals surface area contributed by atoms with Crippen molar-refractivity contribution in [2.45, 2.75) is 12.5 Å². The number of hydrogen-bond donors (Lipinski definition) is 0. The summed E-state index contributed by atoms with van der Waals surface area (Å²) >= 11 is 5.99. The summed E-state index contributed by atoms with van der Waals surface area (Å²) in [5.41, 5.74) is 1.89. The number of benzene rings is 2. The number of methoxy groups -OCH3 is 1. The summed E-state index contributed by atoms with van der Waals surface area (Å²) in [7, 11) is 2.71. The Balaban J connectivity index is 1.51. The van der Waals surface area contributed by atoms with E-state index in [0.29, 0.717) is 22.9 Å². The molecule has 2 heterocycles. The van der Waals surface area contributed by atoms with E-state index in [2.05, 4.69) is 5.10 Å². The Kier molecular flexibility index (Phi) is 7.17. The summed E-state index contributed by atoms with van der Waals surface area (Å²) in [5.74, 6) is -0.731. The van der Waals surface area contributed by atoms with Gasteiger partial charge in [0, 0.05) is 18.5 Å². The van der Waals surface area contributed by atoms with Gasteiger partial charge in [0.15, 0.2) is 6.61 Å². The number of carbonyl (C=O) groups is 3. The zero-order valence-corrected chi connectivity index (χ0v) is 19.8. The van der Waals surface area contributed by atoms with Gasteiger partial charge in [-0.2, -0.15) is 5.10 Å². The first kappa shape index (κ1) is 24.0. The van der Waals surface area contributed by atoms with Crippen LogP contribution in [0.1, 0.15) is 34.1 Å². The molecule has 2 amide bonds. The van der Waals surface area contributed by atoms with Gasteiger partial charge < -0.3 is 13.9 Å². The molecule has 1 aliphatic heterocycles. The summed E-state index contributed by atoms with van der Waals surface area (Å²) in [6.07, 6.45) is 1.29. The van der Waals surface area contributed by atoms with Gasteiger partial charge in [-0.1, -0.05) is 35.9 Å². The Labute approximate surface area is 206 Å². The van der Waals surface area contributed by atoms with E-state index in [1.165, 1.54) is 36.4 Å². The van der Waals surface area contributed by atoms with Gasteiger partial charge in [0.2, 0.25) is 0 Å². The van der Waals surface area contributed by atoms with E-state index in [9.17, 15) is 14.4 Å². The highest BCUT2D eigenvalue weighted by molar-refractivity contribution is 6.30. The molecule has 0 saturated heterocycles. The Hall–Kier alpha value is -4.11. The second kappa shape index (κ2) is 10.4. The van der Waals surface area contributed by atoms with Crippen LogP contribution in [0, 0.1) is 0 Å². The molecule has 0 radical (unpaired) electrons. The predicted molar refractivity (Wildman–Crippen MR) is 128 cm³/mol. The highest BCUT2D eigenvalue weighted by atomic mass is 35.5. The van der Waals surface area contributed by atoms with Crippen molar-refractivity contribution in [1.82, 2.24) is 5.01 Å². The first-order valence-corrected chi connectivity index (χ1v) is 11.0. The number of hydrazone groups is 1. The number of esters is 1. The third kappa shape index (κ3) is 5.20. The average Bonchev–Trinajstić information content (AvgIpc) is 3.57. The van der Waals surface area contributed by atoms with Gasteiger partial charge >= 0.3 is 12.1 Å². The maximum atomic E-state index is 13.1. The number of anilines is 1. The molecular formula is C25H22ClN3O6. The van der Waals surface area contributed by atoms with Gasteiger partial charge in [-0.05, 0) is 42.0 Å². The van der Waals surface area contributed by atoms with E-state index in [4.69, 9.17) is 25.5 Å². The predicted octanol–water partition coefficient (Wildman–Crippen LogP) is 4.67. The van der Waals surface area contributed by atoms with Gasteiger partial charge in [-0.25, -0.2) is 14.6 Å². The second-order valence-electron chi connectivity index (χ2n) is 7.65. The molecule has 35 heavy (non-hydrogen) atoms. The number of amides is 2. The summed E-state index contributed by atoms with van der Waals surface area (Å²) in [6, 6.07) is 16.5. The van der Waals surface area contributed by atoms with E-state index in [0.717, 1.165) is 5.56 Å². The van der Waals surface area contributed by atoms with Crippen molar-refractivity contribution in [3.8, 4) is 0 Å². The van der Waals surface area contributed by atoms with Crippen LogP contribution in [-0.4, -0.2) is 49.5 Å². The molecule has 0 fully saturated rings. The topological polar surface area (TPSA) is 102 Å². The molecule has 9 nitrogen and oxygen atoms in total. The first-order valence-electron chi connectivity index (χ1n) is 10.7. The van der Waals surface area contributed by atoms with Crippen molar-refractivity contribution in [3.05, 3.63) is 88.8 Å². The minimum absolute atomic E-state index is 0.113. The molecule has 1 aliphatic rings. The van der Waals surface area contributed by atoms with Crippen molar-refractivity contribution in [2.75, 3.05) is 25.7 Å². The van der Waals surface area contributed by atoms with Crippen LogP contribution in [0.2, 0.25) is 5.02 Å². The number of para-hydroxylation sites is 1. The molecule has 2 aromatic carbocycles. The minimum atomic E-state index is -0.764. The van der Waals surface area contributed by atoms with Crippen molar-refractivity contribution in [3.63, 3.8) is 0 Å². The number of furan rings is 1. The van der Waals surface area contributed by atoms with Crippen LogP contribution in [-0.2, 0) is 14.3 Å². The van der Waals surface area contributed by atoms with E-state index in [1.807, 2.05) is 12.1 Å². The molecule has 10 heteroatoms. The maximum absolute atomic E-state index is 13.1. The number of hydrogen-bond acceptors (Lipinski definition) is 7. The summed E-state index contributed by atoms with van der Waals surface area (Å²) in [4.78, 5) is 39.0. The molecule has 0 spiro atoms. The quantitative estimate of drug-likeness (QED) is 0.460. The zero-order valence-electron chi connectivity index (χ0n) is 19.0. The molecule has 0 saturated carbocycles. The third-order valence-corrected chi connectivity index (χ3v) is 5.73. The van der Waals surface area contributed by atoms with Crippen molar-refractivity contribution in [1.29, 1.82) is 0 Å². The van der Waals surface area contributed by atoms with Crippen molar-refractivity contribution >= 4 is 41.0 Å². The SMILES string of the molecule is COC(=O)N(C)c1ccccc1C(=O)OCC(=O)N1N=C(c2ccc(Cl)cc2)C[C@@H]1c1ccco1. The Morgan fingerprint density at radius 1 is 1.11 bits per heavy atom. The number of nitrogens with zero attached hydrogens (tertiary/aromatic N) is 3. The third-order valence-electron chi connectivity index (χ3n) is 5.48. The van der Waals surface area contributed by atoms with E-state index in [-0.39, 0.29) is 11.3 Å². The lowest BCUT2D eigenvalue weighted by Crippen LogP contribution is -2.32. The standard InChI is InChI=1S/C25H22ClN3O6/c1-28(25(32)33-2)20-7-4-3-6-18(20)24(31)35-15-23(30)29-21(22-8-5-13-34-22)14-19(27-29)16-9-11-17(26)12-10-16/h3-13,21H,14-15H2,1-2H3/t21-/m1/s1. The monoisotopic (exact) mass is 495 g/mol. The fraction of sp³-hybridized carbons (Fsp3) is 0.200. The first-order chi connectivity index (χ1) is 16.9. The summed E-state index contributed by atoms with van der Waals surface area (Å²) in [6.45, 7) is -0.552. The van der Waals surface area contributed by atoms with Crippen LogP contribution in [0.4, 0.5) is 10.5 Å². The highest BCUT2D eigenvalue weighted by Crippen LogP contribution is 2.33. The van der Waals surface area contributed by atoms with Crippen molar-refractivity contribution < 1.29 is 28.3 Å². The number of halogens is 1. The van der Waals surface area contributed by atoms with Crippen LogP contribution in [0.5, 0.6) is 0 Å². The molecule has 0 unspecified atom stereocenters. The van der Waals surface area contributed by atoms with Gasteiger partial charge in [0.25, 0.3) is 5.91 Å². The largest absolute Gasteiger partial charge is 0.467 e. The van der Waals surface area contributed by atoms with Gasteiger partial charge in [-0.15, -0.1) is 0 Å². The highest BCUT2D eigenvalue weighted by Gasteiger charge is 2.35. The molecular weight excluding hydrogens is 474 g/mol. The number of rotatable bonds is 6. The van der Waals surface area contributed by atoms with E-state index in [1.54, 1.807) is 42.5 Å². The van der Waals surface area contributed by atoms with Crippen LogP contribution >= 0.6 is 11.6 Å². The average molecular weight is 496 g/mol. The molecule has 3 aromatic rings. The molecule has 0 N–H and O–H groups in total. The molecule has 180 valence electrons.